The number of nitrogens with two attached hydrogens (primary N) is 1. The molecule has 2 N–H and O–H groups in total. The highest BCUT2D eigenvalue weighted by Gasteiger charge is 2.12. The third-order valence-electron chi connectivity index (χ3n) is 2.99. The molecule has 100 valence electrons. The number of nitrogens with zero attached hydrogens (tertiary/aromatic N) is 1. The molecule has 1 aromatic heterocycles. The molecule has 19 heavy (non-hydrogen) atoms. The summed E-state index contributed by atoms with van der Waals surface area (Å²) in [6.45, 7) is 2.00. The highest BCUT2D eigenvalue weighted by molar-refractivity contribution is 5.42. The fourth-order valence-corrected chi connectivity index (χ4v) is 1.95. The lowest BCUT2D eigenvalue weighted by Crippen LogP contribution is -2.12. The summed E-state index contributed by atoms with van der Waals surface area (Å²) in [7, 11) is 3.25. The number of hydrogen-bond donors (Lipinski definition) is 1. The summed E-state index contributed by atoms with van der Waals surface area (Å²) in [4.78, 5) is 4.17. The van der Waals surface area contributed by atoms with Crippen molar-refractivity contribution < 1.29 is 9.47 Å². The Hall–Kier alpha value is -2.07. The molecule has 1 unspecified atom stereocenters. The number of rotatable bonds is 4. The fourth-order valence-electron chi connectivity index (χ4n) is 1.95. The van der Waals surface area contributed by atoms with Crippen LogP contribution >= 0.6 is 0 Å². The normalized spacial score (nSPS) is 12.0. The monoisotopic (exact) mass is 258 g/mol. The Kier molecular flexibility index (Phi) is 4.02. The molecule has 0 amide bonds. The van der Waals surface area contributed by atoms with E-state index in [4.69, 9.17) is 15.2 Å². The minimum Gasteiger partial charge on any atom is -0.497 e. The van der Waals surface area contributed by atoms with Gasteiger partial charge in [-0.25, -0.2) is 0 Å². The lowest BCUT2D eigenvalue weighted by molar-refractivity contribution is 0.393. The standard InChI is InChI=1S/C15H18N2O2/c1-10-4-12(9-17-8-10)15(16)11-5-13(18-2)7-14(6-11)19-3/h4-9,15H,16H2,1-3H3. The second-order valence-corrected chi connectivity index (χ2v) is 4.42. The van der Waals surface area contributed by atoms with E-state index in [1.807, 2.05) is 37.4 Å². The predicted molar refractivity (Wildman–Crippen MR) is 74.6 cm³/mol. The second kappa shape index (κ2) is 5.71. The number of pyridine rings is 1. The van der Waals surface area contributed by atoms with Gasteiger partial charge in [0.05, 0.1) is 20.3 Å². The van der Waals surface area contributed by atoms with E-state index < -0.39 is 0 Å². The van der Waals surface area contributed by atoms with Crippen LogP contribution in [0.3, 0.4) is 0 Å². The minimum absolute atomic E-state index is 0.253. The summed E-state index contributed by atoms with van der Waals surface area (Å²) >= 11 is 0. The molecule has 2 rings (SSSR count). The largest absolute Gasteiger partial charge is 0.497 e. The first-order valence-electron chi connectivity index (χ1n) is 6.04. The Bertz CT molecular complexity index is 548. The van der Waals surface area contributed by atoms with Gasteiger partial charge in [0.15, 0.2) is 0 Å². The molecule has 0 saturated carbocycles. The smallest absolute Gasteiger partial charge is 0.122 e. The van der Waals surface area contributed by atoms with Crippen molar-refractivity contribution in [3.63, 3.8) is 0 Å². The van der Waals surface area contributed by atoms with Crippen LogP contribution in [0.5, 0.6) is 11.5 Å². The van der Waals surface area contributed by atoms with E-state index in [1.165, 1.54) is 0 Å². The van der Waals surface area contributed by atoms with Crippen molar-refractivity contribution in [1.29, 1.82) is 0 Å². The molecule has 1 atom stereocenters. The first-order valence-corrected chi connectivity index (χ1v) is 6.04. The van der Waals surface area contributed by atoms with Crippen LogP contribution < -0.4 is 15.2 Å². The molecule has 0 saturated heterocycles. The molecule has 4 nitrogen and oxygen atoms in total. The van der Waals surface area contributed by atoms with Gasteiger partial charge in [0.2, 0.25) is 0 Å². The molecule has 0 aliphatic carbocycles. The third-order valence-corrected chi connectivity index (χ3v) is 2.99. The van der Waals surface area contributed by atoms with E-state index in [0.29, 0.717) is 0 Å². The third kappa shape index (κ3) is 3.03. The summed E-state index contributed by atoms with van der Waals surface area (Å²) in [5.41, 5.74) is 9.27. The van der Waals surface area contributed by atoms with E-state index in [-0.39, 0.29) is 6.04 Å². The SMILES string of the molecule is COc1cc(OC)cc(C(N)c2cncc(C)c2)c1. The zero-order valence-electron chi connectivity index (χ0n) is 11.4. The molecular formula is C15H18N2O2. The highest BCUT2D eigenvalue weighted by Crippen LogP contribution is 2.28. The average Bonchev–Trinajstić information content (AvgIpc) is 2.45. The van der Waals surface area contributed by atoms with Crippen LogP contribution in [0.25, 0.3) is 0 Å². The van der Waals surface area contributed by atoms with Crippen LogP contribution in [0, 0.1) is 6.92 Å². The second-order valence-electron chi connectivity index (χ2n) is 4.42. The molecule has 1 heterocycles. The minimum atomic E-state index is -0.253. The molecule has 0 spiro atoms. The summed E-state index contributed by atoms with van der Waals surface area (Å²) in [5, 5.41) is 0. The lowest BCUT2D eigenvalue weighted by Gasteiger charge is -2.15. The van der Waals surface area contributed by atoms with Gasteiger partial charge in [-0.3, -0.25) is 4.98 Å². The average molecular weight is 258 g/mol. The van der Waals surface area contributed by atoms with Crippen molar-refractivity contribution in [3.05, 3.63) is 53.3 Å². The Balaban J connectivity index is 2.40. The zero-order valence-corrected chi connectivity index (χ0v) is 11.4. The number of hydrogen-bond acceptors (Lipinski definition) is 4. The maximum atomic E-state index is 6.28. The first-order chi connectivity index (χ1) is 9.13. The van der Waals surface area contributed by atoms with Gasteiger partial charge in [-0.05, 0) is 35.7 Å². The number of aryl methyl sites for hydroxylation is 1. The van der Waals surface area contributed by atoms with Gasteiger partial charge in [0.25, 0.3) is 0 Å². The topological polar surface area (TPSA) is 57.4 Å². The van der Waals surface area contributed by atoms with Crippen LogP contribution in [0.2, 0.25) is 0 Å². The number of ether oxygens (including phenoxy) is 2. The molecule has 1 aromatic carbocycles. The van der Waals surface area contributed by atoms with Gasteiger partial charge in [-0.1, -0.05) is 6.07 Å². The Morgan fingerprint density at radius 2 is 1.58 bits per heavy atom. The van der Waals surface area contributed by atoms with E-state index >= 15 is 0 Å². The Labute approximate surface area is 113 Å². The quantitative estimate of drug-likeness (QED) is 0.915. The van der Waals surface area contributed by atoms with Gasteiger partial charge in [-0.15, -0.1) is 0 Å². The van der Waals surface area contributed by atoms with Crippen LogP contribution in [0.1, 0.15) is 22.7 Å². The lowest BCUT2D eigenvalue weighted by atomic mass is 9.99. The highest BCUT2D eigenvalue weighted by atomic mass is 16.5. The Morgan fingerprint density at radius 3 is 2.11 bits per heavy atom. The van der Waals surface area contributed by atoms with Crippen molar-refractivity contribution >= 4 is 0 Å². The molecular weight excluding hydrogens is 240 g/mol. The predicted octanol–water partition coefficient (Wildman–Crippen LogP) is 2.46. The van der Waals surface area contributed by atoms with Crippen molar-refractivity contribution in [2.45, 2.75) is 13.0 Å². The number of benzene rings is 1. The van der Waals surface area contributed by atoms with E-state index in [2.05, 4.69) is 4.98 Å². The first kappa shape index (κ1) is 13.4. The molecule has 0 bridgehead atoms. The van der Waals surface area contributed by atoms with Crippen LogP contribution in [0.4, 0.5) is 0 Å². The zero-order chi connectivity index (χ0) is 13.8. The maximum Gasteiger partial charge on any atom is 0.122 e. The molecule has 0 fully saturated rings. The van der Waals surface area contributed by atoms with Crippen molar-refractivity contribution in [2.24, 2.45) is 5.73 Å². The number of aromatic nitrogens is 1. The maximum absolute atomic E-state index is 6.28. The molecule has 0 aliphatic rings. The van der Waals surface area contributed by atoms with Gasteiger partial charge in [0, 0.05) is 18.5 Å². The van der Waals surface area contributed by atoms with Gasteiger partial charge < -0.3 is 15.2 Å². The van der Waals surface area contributed by atoms with Gasteiger partial charge in [0.1, 0.15) is 11.5 Å². The van der Waals surface area contributed by atoms with Crippen LogP contribution in [0.15, 0.2) is 36.7 Å². The van der Waals surface area contributed by atoms with Gasteiger partial charge >= 0.3 is 0 Å². The summed E-state index contributed by atoms with van der Waals surface area (Å²) < 4.78 is 10.5. The molecule has 0 aliphatic heterocycles. The van der Waals surface area contributed by atoms with Crippen molar-refractivity contribution in [1.82, 2.24) is 4.98 Å². The van der Waals surface area contributed by atoms with Crippen LogP contribution in [-0.2, 0) is 0 Å². The Morgan fingerprint density at radius 1 is 0.947 bits per heavy atom. The van der Waals surface area contributed by atoms with Crippen molar-refractivity contribution in [3.8, 4) is 11.5 Å². The number of methoxy groups -OCH3 is 2. The van der Waals surface area contributed by atoms with E-state index in [1.54, 1.807) is 20.4 Å². The molecule has 4 heteroatoms. The van der Waals surface area contributed by atoms with E-state index in [0.717, 1.165) is 28.2 Å². The van der Waals surface area contributed by atoms with Crippen LogP contribution in [-0.4, -0.2) is 19.2 Å². The molecule has 0 radical (unpaired) electrons. The fraction of sp³-hybridized carbons (Fsp3) is 0.267. The molecule has 2 aromatic rings. The van der Waals surface area contributed by atoms with E-state index in [9.17, 15) is 0 Å². The van der Waals surface area contributed by atoms with Gasteiger partial charge in [-0.2, -0.15) is 0 Å². The summed E-state index contributed by atoms with van der Waals surface area (Å²) in [6, 6.07) is 7.43. The summed E-state index contributed by atoms with van der Waals surface area (Å²) in [5.74, 6) is 1.45. The van der Waals surface area contributed by atoms with Crippen molar-refractivity contribution in [2.75, 3.05) is 14.2 Å². The summed E-state index contributed by atoms with van der Waals surface area (Å²) in [6.07, 6.45) is 3.59.